The lowest BCUT2D eigenvalue weighted by atomic mass is 10.1. The molecule has 2 aromatic carbocycles. The minimum Gasteiger partial charge on any atom is -0.490 e. The van der Waals surface area contributed by atoms with Gasteiger partial charge in [0.25, 0.3) is 5.91 Å². The molecule has 0 aliphatic carbocycles. The Morgan fingerprint density at radius 1 is 1.22 bits per heavy atom. The van der Waals surface area contributed by atoms with Crippen LogP contribution in [-0.2, 0) is 0 Å². The monoisotopic (exact) mass is 467 g/mol. The van der Waals surface area contributed by atoms with Crippen LogP contribution in [0.1, 0.15) is 22.5 Å². The molecule has 2 aromatic heterocycles. The van der Waals surface area contributed by atoms with Gasteiger partial charge in [-0.3, -0.25) is 9.36 Å². The molecule has 1 fully saturated rings. The molecular weight excluding hydrogens is 446 g/mol. The number of halogens is 1. The third-order valence-corrected chi connectivity index (χ3v) is 6.94. The number of imidazole rings is 1. The van der Waals surface area contributed by atoms with Gasteiger partial charge in [0.15, 0.2) is 5.13 Å². The highest BCUT2D eigenvalue weighted by Crippen LogP contribution is 2.33. The van der Waals surface area contributed by atoms with Gasteiger partial charge >= 0.3 is 0 Å². The van der Waals surface area contributed by atoms with Crippen LogP contribution in [0.4, 0.5) is 0 Å². The van der Waals surface area contributed by atoms with Crippen molar-refractivity contribution in [2.45, 2.75) is 18.9 Å². The zero-order valence-corrected chi connectivity index (χ0v) is 19.1. The van der Waals surface area contributed by atoms with Gasteiger partial charge in [0, 0.05) is 29.7 Å². The lowest BCUT2D eigenvalue weighted by Gasteiger charge is -2.29. The van der Waals surface area contributed by atoms with E-state index in [1.54, 1.807) is 18.5 Å². The third-order valence-electron chi connectivity index (χ3n) is 5.63. The van der Waals surface area contributed by atoms with E-state index in [4.69, 9.17) is 27.1 Å². The number of benzene rings is 2. The Bertz CT molecular complexity index is 1290. The molecule has 4 aromatic rings. The molecule has 1 amide bonds. The first-order chi connectivity index (χ1) is 15.5. The maximum absolute atomic E-state index is 12.1. The summed E-state index contributed by atoms with van der Waals surface area (Å²) in [7, 11) is 2.13. The second-order valence-corrected chi connectivity index (χ2v) is 9.35. The van der Waals surface area contributed by atoms with Crippen molar-refractivity contribution in [1.29, 1.82) is 0 Å². The van der Waals surface area contributed by atoms with E-state index in [0.717, 1.165) is 48.3 Å². The molecule has 1 aliphatic heterocycles. The summed E-state index contributed by atoms with van der Waals surface area (Å²) in [6.07, 6.45) is 3.92. The van der Waals surface area contributed by atoms with Crippen molar-refractivity contribution in [3.63, 3.8) is 0 Å². The van der Waals surface area contributed by atoms with E-state index in [2.05, 4.69) is 16.9 Å². The number of ether oxygens (including phenoxy) is 1. The number of likely N-dealkylation sites (tertiary alicyclic amines) is 1. The molecule has 7 nitrogen and oxygen atoms in total. The average Bonchev–Trinajstić information content (AvgIpc) is 3.39. The average molecular weight is 468 g/mol. The highest BCUT2D eigenvalue weighted by atomic mass is 35.5. The van der Waals surface area contributed by atoms with Gasteiger partial charge in [-0.2, -0.15) is 0 Å². The Morgan fingerprint density at radius 3 is 2.78 bits per heavy atom. The van der Waals surface area contributed by atoms with Crippen LogP contribution in [-0.4, -0.2) is 51.6 Å². The molecule has 1 saturated heterocycles. The number of fused-ring (bicyclic) bond motifs is 1. The minimum absolute atomic E-state index is 0.204. The van der Waals surface area contributed by atoms with Crippen LogP contribution in [0.25, 0.3) is 27.4 Å². The summed E-state index contributed by atoms with van der Waals surface area (Å²) in [6.45, 7) is 2.07. The van der Waals surface area contributed by atoms with Crippen molar-refractivity contribution in [3.8, 4) is 22.1 Å². The molecule has 5 rings (SSSR count). The zero-order valence-electron chi connectivity index (χ0n) is 17.5. The Labute approximate surface area is 194 Å². The van der Waals surface area contributed by atoms with Gasteiger partial charge in [-0.15, -0.1) is 0 Å². The fraction of sp³-hybridized carbons (Fsp3) is 0.261. The quantitative estimate of drug-likeness (QED) is 0.471. The van der Waals surface area contributed by atoms with Gasteiger partial charge in [-0.25, -0.2) is 9.97 Å². The van der Waals surface area contributed by atoms with E-state index in [0.29, 0.717) is 20.7 Å². The number of piperidine rings is 1. The van der Waals surface area contributed by atoms with E-state index in [1.165, 1.54) is 11.3 Å². The van der Waals surface area contributed by atoms with E-state index in [1.807, 2.05) is 34.9 Å². The van der Waals surface area contributed by atoms with E-state index >= 15 is 0 Å². The standard InChI is InChI=1S/C23H22ClN5O2S/c1-28-9-7-16(8-10-28)31-17-5-6-18-19(12-17)29(13-26-18)23-27-20(21(32-23)22(25)30)14-3-2-4-15(24)11-14/h2-6,11-13,16H,7-10H2,1H3,(H2,25,30). The maximum atomic E-state index is 12.1. The number of hydrogen-bond acceptors (Lipinski definition) is 6. The summed E-state index contributed by atoms with van der Waals surface area (Å²) in [5.74, 6) is 0.273. The normalized spacial score (nSPS) is 15.3. The number of nitrogens with two attached hydrogens (primary N) is 1. The lowest BCUT2D eigenvalue weighted by molar-refractivity contribution is 0.100. The summed E-state index contributed by atoms with van der Waals surface area (Å²) in [5, 5.41) is 1.17. The molecule has 0 atom stereocenters. The number of rotatable bonds is 5. The summed E-state index contributed by atoms with van der Waals surface area (Å²) in [5.41, 5.74) is 8.59. The number of hydrogen-bond donors (Lipinski definition) is 1. The number of carbonyl (C=O) groups is 1. The molecule has 0 radical (unpaired) electrons. The van der Waals surface area contributed by atoms with Gasteiger partial charge in [0.2, 0.25) is 0 Å². The number of carbonyl (C=O) groups excluding carboxylic acids is 1. The second-order valence-electron chi connectivity index (χ2n) is 7.93. The summed E-state index contributed by atoms with van der Waals surface area (Å²) >= 11 is 7.37. The van der Waals surface area contributed by atoms with E-state index in [-0.39, 0.29) is 6.10 Å². The fourth-order valence-electron chi connectivity index (χ4n) is 3.92. The predicted octanol–water partition coefficient (Wildman–Crippen LogP) is 4.37. The molecule has 2 N–H and O–H groups in total. The van der Waals surface area contributed by atoms with Crippen LogP contribution in [0.3, 0.4) is 0 Å². The molecule has 0 unspecified atom stereocenters. The summed E-state index contributed by atoms with van der Waals surface area (Å²) < 4.78 is 8.11. The van der Waals surface area contributed by atoms with E-state index < -0.39 is 5.91 Å². The van der Waals surface area contributed by atoms with Gasteiger partial charge in [-0.1, -0.05) is 35.1 Å². The molecular formula is C23H22ClN5O2S. The molecule has 0 spiro atoms. The number of aromatic nitrogens is 3. The molecule has 9 heteroatoms. The lowest BCUT2D eigenvalue weighted by Crippen LogP contribution is -2.35. The van der Waals surface area contributed by atoms with Crippen LogP contribution < -0.4 is 10.5 Å². The van der Waals surface area contributed by atoms with Crippen LogP contribution in [0, 0.1) is 0 Å². The molecule has 0 saturated carbocycles. The van der Waals surface area contributed by atoms with Crippen LogP contribution in [0.15, 0.2) is 48.8 Å². The smallest absolute Gasteiger partial charge is 0.261 e. The Morgan fingerprint density at radius 2 is 2.03 bits per heavy atom. The first-order valence-electron chi connectivity index (χ1n) is 10.4. The summed E-state index contributed by atoms with van der Waals surface area (Å²) in [4.78, 5) is 24.0. The molecule has 1 aliphatic rings. The number of primary amides is 1. The maximum Gasteiger partial charge on any atom is 0.261 e. The van der Waals surface area contributed by atoms with Crippen LogP contribution in [0.5, 0.6) is 5.75 Å². The van der Waals surface area contributed by atoms with Crippen molar-refractivity contribution in [3.05, 3.63) is 58.7 Å². The fourth-order valence-corrected chi connectivity index (χ4v) is 5.03. The van der Waals surface area contributed by atoms with Gasteiger partial charge in [0.05, 0.1) is 16.7 Å². The third kappa shape index (κ3) is 4.09. The van der Waals surface area contributed by atoms with Crippen molar-refractivity contribution < 1.29 is 9.53 Å². The SMILES string of the molecule is CN1CCC(Oc2ccc3ncn(-c4nc(-c5cccc(Cl)c5)c(C(N)=O)s4)c3c2)CC1. The molecule has 0 bridgehead atoms. The van der Waals surface area contributed by atoms with Crippen molar-refractivity contribution in [2.24, 2.45) is 5.73 Å². The first-order valence-corrected chi connectivity index (χ1v) is 11.6. The topological polar surface area (TPSA) is 86.3 Å². The Balaban J connectivity index is 1.52. The highest BCUT2D eigenvalue weighted by Gasteiger charge is 2.21. The molecule has 32 heavy (non-hydrogen) atoms. The van der Waals surface area contributed by atoms with Crippen LogP contribution >= 0.6 is 22.9 Å². The zero-order chi connectivity index (χ0) is 22.2. The number of thiazole rings is 1. The van der Waals surface area contributed by atoms with Crippen molar-refractivity contribution >= 4 is 39.9 Å². The highest BCUT2D eigenvalue weighted by molar-refractivity contribution is 7.16. The van der Waals surface area contributed by atoms with Gasteiger partial charge in [0.1, 0.15) is 23.1 Å². The number of nitrogens with zero attached hydrogens (tertiary/aromatic N) is 4. The molecule has 3 heterocycles. The van der Waals surface area contributed by atoms with Gasteiger partial charge < -0.3 is 15.4 Å². The predicted molar refractivity (Wildman–Crippen MR) is 127 cm³/mol. The minimum atomic E-state index is -0.528. The van der Waals surface area contributed by atoms with Crippen molar-refractivity contribution in [1.82, 2.24) is 19.4 Å². The number of amides is 1. The van der Waals surface area contributed by atoms with Crippen molar-refractivity contribution in [2.75, 3.05) is 20.1 Å². The Kier molecular flexibility index (Phi) is 5.58. The Hall–Kier alpha value is -2.94. The van der Waals surface area contributed by atoms with E-state index in [9.17, 15) is 4.79 Å². The van der Waals surface area contributed by atoms with Gasteiger partial charge in [-0.05, 0) is 44.2 Å². The van der Waals surface area contributed by atoms with Crippen LogP contribution in [0.2, 0.25) is 5.02 Å². The first kappa shape index (κ1) is 20.9. The largest absolute Gasteiger partial charge is 0.490 e. The molecule has 164 valence electrons. The second kappa shape index (κ2) is 8.54. The summed E-state index contributed by atoms with van der Waals surface area (Å²) in [6, 6.07) is 13.1.